The first kappa shape index (κ1) is 31.2. The first-order chi connectivity index (χ1) is 20.6. The van der Waals surface area contributed by atoms with E-state index in [1.807, 2.05) is 0 Å². The van der Waals surface area contributed by atoms with E-state index >= 15 is 0 Å². The molecule has 0 radical (unpaired) electrons. The Hall–Kier alpha value is -2.78. The van der Waals surface area contributed by atoms with E-state index in [0.29, 0.717) is 0 Å². The minimum atomic E-state index is -1.99. The van der Waals surface area contributed by atoms with Gasteiger partial charge in [0.15, 0.2) is 58.2 Å². The molecule has 6 rings (SSSR count). The zero-order valence-electron chi connectivity index (χ0n) is 19.7. The molecule has 230 valence electrons. The fraction of sp³-hybridized carbons (Fsp3) is 0. The number of hydrogen-bond acceptors (Lipinski definition) is 6. The van der Waals surface area contributed by atoms with Gasteiger partial charge < -0.3 is 0 Å². The molecule has 0 saturated heterocycles. The first-order valence-electron chi connectivity index (χ1n) is 10.8. The van der Waals surface area contributed by atoms with E-state index in [4.69, 9.17) is 0 Å². The molecule has 0 bridgehead atoms. The largest absolute Gasteiger partial charge is 0.216 e. The van der Waals surface area contributed by atoms with Gasteiger partial charge in [-0.05, 0) is 0 Å². The lowest BCUT2D eigenvalue weighted by Gasteiger charge is -1.93. The van der Waals surface area contributed by atoms with E-state index < -0.39 is 129 Å². The molecule has 0 fully saturated rings. The van der Waals surface area contributed by atoms with Crippen LogP contribution in [0.25, 0.3) is 48.8 Å². The SMILES string of the molecule is Fc1sc(-c2sc(-c3sc(-c4sc(-c5sc(-c6sc(F)c(F)c6F)c(F)c5F)c(F)c4F)c(F)c3F)c(F)c2F)c(F)c1F. The van der Waals surface area contributed by atoms with Gasteiger partial charge in [-0.1, -0.05) is 22.7 Å². The number of halogens is 14. The Bertz CT molecular complexity index is 1990. The van der Waals surface area contributed by atoms with Gasteiger partial charge in [-0.25, -0.2) is 43.9 Å². The van der Waals surface area contributed by atoms with Gasteiger partial charge in [-0.3, -0.25) is 0 Å². The molecule has 0 unspecified atom stereocenters. The predicted molar refractivity (Wildman–Crippen MR) is 140 cm³/mol. The maximum Gasteiger partial charge on any atom is 0.216 e. The smallest absolute Gasteiger partial charge is 0.202 e. The summed E-state index contributed by atoms with van der Waals surface area (Å²) in [6.07, 6.45) is 0. The monoisotopic (exact) mass is 746 g/mol. The van der Waals surface area contributed by atoms with Crippen LogP contribution < -0.4 is 0 Å². The van der Waals surface area contributed by atoms with Crippen LogP contribution >= 0.6 is 68.0 Å². The standard InChI is InChI=1S/C24F14S6/c25-1-3(27)15(17-5(29)7(31)19(41-17)21-9(33)11(35)23(37)43-21)39-13(1)14-2(26)4(28)16(40-14)18-6(30)8(32)20(42-18)22-10(34)12(36)24(38)44-22. The molecule has 0 nitrogen and oxygen atoms in total. The van der Waals surface area contributed by atoms with Crippen LogP contribution in [0.2, 0.25) is 0 Å². The van der Waals surface area contributed by atoms with Gasteiger partial charge in [0.05, 0.1) is 48.8 Å². The molecule has 0 N–H and O–H groups in total. The molecule has 0 spiro atoms. The van der Waals surface area contributed by atoms with Crippen LogP contribution in [0.1, 0.15) is 0 Å². The van der Waals surface area contributed by atoms with Crippen LogP contribution in [0.15, 0.2) is 0 Å². The van der Waals surface area contributed by atoms with E-state index in [1.54, 1.807) is 0 Å². The predicted octanol–water partition coefficient (Wildman–Crippen LogP) is 12.3. The molecule has 0 aliphatic heterocycles. The summed E-state index contributed by atoms with van der Waals surface area (Å²) in [5.41, 5.74) is 0. The molecule has 0 amide bonds. The van der Waals surface area contributed by atoms with Crippen molar-refractivity contribution in [3.05, 3.63) is 80.1 Å². The summed E-state index contributed by atoms with van der Waals surface area (Å²) in [5, 5.41) is -3.41. The summed E-state index contributed by atoms with van der Waals surface area (Å²) in [4.78, 5) is -10.4. The number of hydrogen-bond donors (Lipinski definition) is 0. The van der Waals surface area contributed by atoms with E-state index in [1.165, 1.54) is 0 Å². The van der Waals surface area contributed by atoms with Crippen LogP contribution in [-0.4, -0.2) is 0 Å². The second kappa shape index (κ2) is 10.9. The van der Waals surface area contributed by atoms with Gasteiger partial charge in [0.1, 0.15) is 0 Å². The number of rotatable bonds is 5. The Labute approximate surface area is 257 Å². The lowest BCUT2D eigenvalue weighted by Crippen LogP contribution is -1.85. The van der Waals surface area contributed by atoms with E-state index in [9.17, 15) is 61.5 Å². The topological polar surface area (TPSA) is 0 Å². The summed E-state index contributed by atoms with van der Waals surface area (Å²) < 4.78 is 201. The molecule has 6 aromatic heterocycles. The van der Waals surface area contributed by atoms with Gasteiger partial charge >= 0.3 is 0 Å². The summed E-state index contributed by atoms with van der Waals surface area (Å²) in [7, 11) is 0. The normalized spacial score (nSPS) is 11.9. The van der Waals surface area contributed by atoms with Gasteiger partial charge in [-0.15, -0.1) is 45.3 Å². The molecular weight excluding hydrogens is 747 g/mol. The zero-order chi connectivity index (χ0) is 32.1. The second-order valence-corrected chi connectivity index (χ2v) is 14.2. The maximum atomic E-state index is 15.0. The van der Waals surface area contributed by atoms with Gasteiger partial charge in [0.25, 0.3) is 0 Å². The van der Waals surface area contributed by atoms with Crippen LogP contribution in [0, 0.1) is 80.1 Å². The van der Waals surface area contributed by atoms with Crippen molar-refractivity contribution in [2.75, 3.05) is 0 Å². The molecule has 0 aromatic carbocycles. The maximum absolute atomic E-state index is 15.0. The van der Waals surface area contributed by atoms with Gasteiger partial charge in [-0.2, -0.15) is 17.6 Å². The Balaban J connectivity index is 1.46. The zero-order valence-corrected chi connectivity index (χ0v) is 24.6. The Morgan fingerprint density at radius 2 is 0.318 bits per heavy atom. The molecule has 44 heavy (non-hydrogen) atoms. The third-order valence-electron chi connectivity index (χ3n) is 5.73. The van der Waals surface area contributed by atoms with E-state index in [2.05, 4.69) is 0 Å². The van der Waals surface area contributed by atoms with Crippen molar-refractivity contribution in [1.82, 2.24) is 0 Å². The average Bonchev–Trinajstić information content (AvgIpc) is 3.76. The Kier molecular flexibility index (Phi) is 7.76. The molecule has 6 heterocycles. The van der Waals surface area contributed by atoms with E-state index in [-0.39, 0.29) is 68.0 Å². The average molecular weight is 747 g/mol. The van der Waals surface area contributed by atoms with Crippen molar-refractivity contribution in [2.45, 2.75) is 0 Å². The van der Waals surface area contributed by atoms with Crippen molar-refractivity contribution in [2.24, 2.45) is 0 Å². The fourth-order valence-electron chi connectivity index (χ4n) is 3.75. The van der Waals surface area contributed by atoms with Crippen LogP contribution in [0.4, 0.5) is 61.5 Å². The van der Waals surface area contributed by atoms with Crippen molar-refractivity contribution in [1.29, 1.82) is 0 Å². The summed E-state index contributed by atoms with van der Waals surface area (Å²) in [6, 6.07) is 0. The van der Waals surface area contributed by atoms with Crippen molar-refractivity contribution in [3.63, 3.8) is 0 Å². The highest BCUT2D eigenvalue weighted by atomic mass is 32.1. The quantitative estimate of drug-likeness (QED) is 0.154. The highest BCUT2D eigenvalue weighted by molar-refractivity contribution is 7.30. The minimum absolute atomic E-state index is 0.0688. The molecule has 0 saturated carbocycles. The Morgan fingerprint density at radius 1 is 0.182 bits per heavy atom. The highest BCUT2D eigenvalue weighted by Gasteiger charge is 2.35. The third-order valence-corrected chi connectivity index (χ3v) is 13.0. The first-order valence-corrected chi connectivity index (χ1v) is 15.7. The van der Waals surface area contributed by atoms with Crippen LogP contribution in [-0.2, 0) is 0 Å². The highest BCUT2D eigenvalue weighted by Crippen LogP contribution is 2.53. The van der Waals surface area contributed by atoms with Crippen LogP contribution in [0.3, 0.4) is 0 Å². The second-order valence-electron chi connectivity index (χ2n) is 8.22. The molecule has 0 aliphatic rings. The molecule has 0 atom stereocenters. The van der Waals surface area contributed by atoms with Crippen molar-refractivity contribution in [3.8, 4) is 48.8 Å². The molecular formula is C24F14S6. The fourth-order valence-corrected chi connectivity index (χ4v) is 10.2. The van der Waals surface area contributed by atoms with Gasteiger partial charge in [0, 0.05) is 0 Å². The molecule has 20 heteroatoms. The summed E-state index contributed by atoms with van der Waals surface area (Å²) in [5.74, 6) is -22.9. The van der Waals surface area contributed by atoms with Crippen molar-refractivity contribution >= 4 is 68.0 Å². The van der Waals surface area contributed by atoms with Gasteiger partial charge in [0.2, 0.25) is 21.9 Å². The lowest BCUT2D eigenvalue weighted by atomic mass is 10.2. The van der Waals surface area contributed by atoms with E-state index in [0.717, 1.165) is 0 Å². The Morgan fingerprint density at radius 3 is 0.455 bits per heavy atom. The van der Waals surface area contributed by atoms with Crippen molar-refractivity contribution < 1.29 is 61.5 Å². The third kappa shape index (κ3) is 4.47. The summed E-state index contributed by atoms with van der Waals surface area (Å²) in [6.45, 7) is 0. The molecule has 6 aromatic rings. The number of thiophene rings is 6. The lowest BCUT2D eigenvalue weighted by molar-refractivity contribution is 0.468. The minimum Gasteiger partial charge on any atom is -0.202 e. The summed E-state index contributed by atoms with van der Waals surface area (Å²) >= 11 is -0.797. The molecule has 0 aliphatic carbocycles. The van der Waals surface area contributed by atoms with Crippen LogP contribution in [0.5, 0.6) is 0 Å².